The molecule has 18 heavy (non-hydrogen) atoms. The van der Waals surface area contributed by atoms with Crippen LogP contribution in [0.25, 0.3) is 0 Å². The van der Waals surface area contributed by atoms with Gasteiger partial charge in [0.2, 0.25) is 0 Å². The van der Waals surface area contributed by atoms with E-state index in [9.17, 15) is 9.90 Å². The molecule has 4 nitrogen and oxygen atoms in total. The largest absolute Gasteiger partial charge is 0.508 e. The quantitative estimate of drug-likeness (QED) is 0.791. The molecule has 2 N–H and O–H groups in total. The summed E-state index contributed by atoms with van der Waals surface area (Å²) in [5, 5.41) is 13.2. The van der Waals surface area contributed by atoms with Crippen molar-refractivity contribution in [3.8, 4) is 5.75 Å². The number of phenolic OH excluding ortho intramolecular Hbond substituents is 1. The highest BCUT2D eigenvalue weighted by Gasteiger charge is 2.21. The highest BCUT2D eigenvalue weighted by atomic mass is 16.3. The van der Waals surface area contributed by atoms with Gasteiger partial charge in [0.05, 0.1) is 0 Å². The van der Waals surface area contributed by atoms with E-state index >= 15 is 0 Å². The lowest BCUT2D eigenvalue weighted by molar-refractivity contribution is 0.112. The molecule has 0 amide bonds. The number of nitrogens with zero attached hydrogens (tertiary/aromatic N) is 1. The predicted molar refractivity (Wildman–Crippen MR) is 70.9 cm³/mol. The molecule has 1 heterocycles. The van der Waals surface area contributed by atoms with Gasteiger partial charge in [0.15, 0.2) is 0 Å². The second-order valence-electron chi connectivity index (χ2n) is 4.74. The first-order chi connectivity index (χ1) is 8.74. The number of aldehydes is 1. The van der Waals surface area contributed by atoms with Gasteiger partial charge in [-0.1, -0.05) is 6.92 Å². The molecule has 4 heteroatoms. The van der Waals surface area contributed by atoms with Gasteiger partial charge in [-0.2, -0.15) is 0 Å². The standard InChI is InChI=1S/C14H20N2O2/c1-2-13-8-15-5-6-16(13)9-12-7-11(10-17)3-4-14(12)18/h3-4,7,10,13,15,18H,2,5-6,8-9H2,1H3. The molecule has 1 aromatic rings. The summed E-state index contributed by atoms with van der Waals surface area (Å²) in [6, 6.07) is 5.51. The summed E-state index contributed by atoms with van der Waals surface area (Å²) in [5.41, 5.74) is 1.45. The molecule has 0 aromatic heterocycles. The summed E-state index contributed by atoms with van der Waals surface area (Å²) < 4.78 is 0. The zero-order valence-corrected chi connectivity index (χ0v) is 10.7. The van der Waals surface area contributed by atoms with Crippen molar-refractivity contribution >= 4 is 6.29 Å². The number of benzene rings is 1. The molecule has 1 aromatic carbocycles. The second kappa shape index (κ2) is 5.98. The van der Waals surface area contributed by atoms with Crippen molar-refractivity contribution in [2.75, 3.05) is 19.6 Å². The lowest BCUT2D eigenvalue weighted by Crippen LogP contribution is -2.50. The van der Waals surface area contributed by atoms with E-state index in [-0.39, 0.29) is 5.75 Å². The maximum Gasteiger partial charge on any atom is 0.150 e. The summed E-state index contributed by atoms with van der Waals surface area (Å²) in [7, 11) is 0. The van der Waals surface area contributed by atoms with Crippen molar-refractivity contribution in [2.24, 2.45) is 0 Å². The molecule has 0 spiro atoms. The Kier molecular flexibility index (Phi) is 4.33. The third kappa shape index (κ3) is 2.89. The molecule has 1 atom stereocenters. The average molecular weight is 248 g/mol. The van der Waals surface area contributed by atoms with Crippen LogP contribution < -0.4 is 5.32 Å². The Morgan fingerprint density at radius 1 is 1.56 bits per heavy atom. The molecule has 1 aliphatic heterocycles. The fraction of sp³-hybridized carbons (Fsp3) is 0.500. The van der Waals surface area contributed by atoms with Crippen LogP contribution in [0.3, 0.4) is 0 Å². The van der Waals surface area contributed by atoms with Crippen molar-refractivity contribution in [2.45, 2.75) is 25.9 Å². The van der Waals surface area contributed by atoms with Crippen molar-refractivity contribution in [1.82, 2.24) is 10.2 Å². The monoisotopic (exact) mass is 248 g/mol. The van der Waals surface area contributed by atoms with Crippen LogP contribution in [-0.2, 0) is 6.54 Å². The van der Waals surface area contributed by atoms with E-state index in [1.165, 1.54) is 0 Å². The lowest BCUT2D eigenvalue weighted by Gasteiger charge is -2.35. The lowest BCUT2D eigenvalue weighted by atomic mass is 10.1. The minimum Gasteiger partial charge on any atom is -0.508 e. The van der Waals surface area contributed by atoms with E-state index in [0.717, 1.165) is 37.9 Å². The summed E-state index contributed by atoms with van der Waals surface area (Å²) in [6.07, 6.45) is 1.90. The minimum absolute atomic E-state index is 0.272. The fourth-order valence-corrected chi connectivity index (χ4v) is 2.44. The number of aromatic hydroxyl groups is 1. The predicted octanol–water partition coefficient (Wildman–Crippen LogP) is 1.39. The van der Waals surface area contributed by atoms with Gasteiger partial charge in [0, 0.05) is 43.3 Å². The molecule has 1 saturated heterocycles. The number of piperazine rings is 1. The van der Waals surface area contributed by atoms with Crippen LogP contribution in [0.2, 0.25) is 0 Å². The zero-order chi connectivity index (χ0) is 13.0. The van der Waals surface area contributed by atoms with Crippen LogP contribution >= 0.6 is 0 Å². The summed E-state index contributed by atoms with van der Waals surface area (Å²) in [5.74, 6) is 0.272. The smallest absolute Gasteiger partial charge is 0.150 e. The van der Waals surface area contributed by atoms with Gasteiger partial charge in [0.25, 0.3) is 0 Å². The highest BCUT2D eigenvalue weighted by molar-refractivity contribution is 5.75. The Morgan fingerprint density at radius 3 is 3.11 bits per heavy atom. The van der Waals surface area contributed by atoms with Gasteiger partial charge in [-0.3, -0.25) is 9.69 Å². The molecule has 1 fully saturated rings. The Hall–Kier alpha value is -1.39. The van der Waals surface area contributed by atoms with Crippen molar-refractivity contribution in [1.29, 1.82) is 0 Å². The third-order valence-electron chi connectivity index (χ3n) is 3.56. The van der Waals surface area contributed by atoms with Crippen LogP contribution in [-0.4, -0.2) is 42.0 Å². The molecule has 0 saturated carbocycles. The number of nitrogens with one attached hydrogen (secondary N) is 1. The number of rotatable bonds is 4. The number of hydrogen-bond donors (Lipinski definition) is 2. The molecular formula is C14H20N2O2. The van der Waals surface area contributed by atoms with Crippen LogP contribution in [0.4, 0.5) is 0 Å². The fourth-order valence-electron chi connectivity index (χ4n) is 2.44. The van der Waals surface area contributed by atoms with Crippen LogP contribution in [0.1, 0.15) is 29.3 Å². The maximum atomic E-state index is 10.8. The minimum atomic E-state index is 0.272. The van der Waals surface area contributed by atoms with Crippen molar-refractivity contribution in [3.63, 3.8) is 0 Å². The molecule has 98 valence electrons. The Balaban J connectivity index is 2.14. The SMILES string of the molecule is CCC1CNCCN1Cc1cc(C=O)ccc1O. The van der Waals surface area contributed by atoms with Gasteiger partial charge in [-0.05, 0) is 24.6 Å². The molecular weight excluding hydrogens is 228 g/mol. The van der Waals surface area contributed by atoms with E-state index < -0.39 is 0 Å². The highest BCUT2D eigenvalue weighted by Crippen LogP contribution is 2.21. The summed E-state index contributed by atoms with van der Waals surface area (Å²) in [6.45, 7) is 5.82. The van der Waals surface area contributed by atoms with Crippen LogP contribution in [0.5, 0.6) is 5.75 Å². The molecule has 1 aliphatic rings. The molecule has 0 radical (unpaired) electrons. The zero-order valence-electron chi connectivity index (χ0n) is 10.7. The van der Waals surface area contributed by atoms with Crippen LogP contribution in [0.15, 0.2) is 18.2 Å². The maximum absolute atomic E-state index is 10.8. The van der Waals surface area contributed by atoms with Gasteiger partial charge in [0.1, 0.15) is 12.0 Å². The van der Waals surface area contributed by atoms with Crippen LogP contribution in [0, 0.1) is 0 Å². The number of carbonyl (C=O) groups excluding carboxylic acids is 1. The Morgan fingerprint density at radius 2 is 2.39 bits per heavy atom. The van der Waals surface area contributed by atoms with Gasteiger partial charge >= 0.3 is 0 Å². The van der Waals surface area contributed by atoms with E-state index in [1.54, 1.807) is 18.2 Å². The topological polar surface area (TPSA) is 52.6 Å². The summed E-state index contributed by atoms with van der Waals surface area (Å²) in [4.78, 5) is 13.1. The second-order valence-corrected chi connectivity index (χ2v) is 4.74. The van der Waals surface area contributed by atoms with E-state index in [4.69, 9.17) is 0 Å². The normalized spacial score (nSPS) is 20.8. The molecule has 0 bridgehead atoms. The summed E-state index contributed by atoms with van der Waals surface area (Å²) >= 11 is 0. The van der Waals surface area contributed by atoms with Gasteiger partial charge < -0.3 is 10.4 Å². The Labute approximate surface area is 108 Å². The Bertz CT molecular complexity index is 420. The van der Waals surface area contributed by atoms with E-state index in [1.807, 2.05) is 0 Å². The number of carbonyl (C=O) groups is 1. The molecule has 0 aliphatic carbocycles. The van der Waals surface area contributed by atoms with Gasteiger partial charge in [-0.25, -0.2) is 0 Å². The van der Waals surface area contributed by atoms with Crippen molar-refractivity contribution in [3.05, 3.63) is 29.3 Å². The van der Waals surface area contributed by atoms with E-state index in [0.29, 0.717) is 18.2 Å². The van der Waals surface area contributed by atoms with Crippen molar-refractivity contribution < 1.29 is 9.90 Å². The van der Waals surface area contributed by atoms with E-state index in [2.05, 4.69) is 17.1 Å². The number of hydrogen-bond acceptors (Lipinski definition) is 4. The number of phenols is 1. The first-order valence-electron chi connectivity index (χ1n) is 6.46. The first-order valence-corrected chi connectivity index (χ1v) is 6.46. The molecule has 2 rings (SSSR count). The van der Waals surface area contributed by atoms with Gasteiger partial charge in [-0.15, -0.1) is 0 Å². The molecule has 1 unspecified atom stereocenters. The third-order valence-corrected chi connectivity index (χ3v) is 3.56. The first kappa shape index (κ1) is 13.1. The average Bonchev–Trinajstić information content (AvgIpc) is 2.42.